The molecule has 4 unspecified atom stereocenters. The smallest absolute Gasteiger partial charge is 0.326 e. The van der Waals surface area contributed by atoms with Crippen molar-refractivity contribution in [1.29, 1.82) is 0 Å². The average Bonchev–Trinajstić information content (AvgIpc) is 3.18. The standard InChI is InChI=1S/C16H26N6O8/c17-11(24)4-8(14(27)21-9(16(29)30)5-12(18)25)20-15(28)10(6-23)22-13(26)7-2-1-3-19-7/h7-10,19,23H,1-6H2,(H2,17,24)(H2,18,25)(H,20,28)(H,21,27)(H,22,26)(H,29,30). The second-order valence-corrected chi connectivity index (χ2v) is 6.69. The number of aliphatic carboxylic acids is 1. The number of aliphatic hydroxyl groups is 1. The van der Waals surface area contributed by atoms with Crippen molar-refractivity contribution in [3.8, 4) is 0 Å². The molecule has 1 heterocycles. The Morgan fingerprint density at radius 3 is 1.90 bits per heavy atom. The molecule has 0 spiro atoms. The quantitative estimate of drug-likeness (QED) is 0.147. The molecule has 1 aliphatic rings. The highest BCUT2D eigenvalue weighted by Gasteiger charge is 2.32. The Balaban J connectivity index is 2.82. The van der Waals surface area contributed by atoms with Crippen LogP contribution in [0, 0.1) is 0 Å². The van der Waals surface area contributed by atoms with Crippen molar-refractivity contribution in [2.75, 3.05) is 13.2 Å². The van der Waals surface area contributed by atoms with Gasteiger partial charge in [-0.25, -0.2) is 4.79 Å². The lowest BCUT2D eigenvalue weighted by molar-refractivity contribution is -0.144. The highest BCUT2D eigenvalue weighted by molar-refractivity contribution is 5.96. The van der Waals surface area contributed by atoms with Gasteiger partial charge in [-0.1, -0.05) is 0 Å². The second kappa shape index (κ2) is 11.7. The minimum atomic E-state index is -1.69. The van der Waals surface area contributed by atoms with E-state index in [0.717, 1.165) is 6.42 Å². The number of hydrogen-bond donors (Lipinski definition) is 8. The normalized spacial score (nSPS) is 18.5. The maximum Gasteiger partial charge on any atom is 0.326 e. The van der Waals surface area contributed by atoms with Gasteiger partial charge in [-0.15, -0.1) is 0 Å². The molecule has 14 heteroatoms. The van der Waals surface area contributed by atoms with Crippen molar-refractivity contribution in [3.63, 3.8) is 0 Å². The van der Waals surface area contributed by atoms with E-state index in [9.17, 15) is 33.9 Å². The first kappa shape index (κ1) is 24.8. The van der Waals surface area contributed by atoms with Crippen LogP contribution in [0.5, 0.6) is 0 Å². The van der Waals surface area contributed by atoms with Crippen molar-refractivity contribution in [2.45, 2.75) is 49.9 Å². The molecule has 0 radical (unpaired) electrons. The van der Waals surface area contributed by atoms with E-state index in [0.29, 0.717) is 13.0 Å². The lowest BCUT2D eigenvalue weighted by Crippen LogP contribution is -2.58. The zero-order chi connectivity index (χ0) is 22.8. The molecule has 10 N–H and O–H groups in total. The number of rotatable bonds is 12. The molecule has 0 aromatic heterocycles. The van der Waals surface area contributed by atoms with Crippen molar-refractivity contribution in [1.82, 2.24) is 21.3 Å². The molecule has 14 nitrogen and oxygen atoms in total. The molecule has 0 aromatic carbocycles. The molecule has 1 fully saturated rings. The van der Waals surface area contributed by atoms with E-state index in [1.165, 1.54) is 0 Å². The van der Waals surface area contributed by atoms with Crippen LogP contribution in [0.1, 0.15) is 25.7 Å². The minimum Gasteiger partial charge on any atom is -0.480 e. The number of carboxylic acid groups (broad SMARTS) is 1. The molecule has 1 aliphatic heterocycles. The highest BCUT2D eigenvalue weighted by Crippen LogP contribution is 2.05. The lowest BCUT2D eigenvalue weighted by atomic mass is 10.1. The number of nitrogens with two attached hydrogens (primary N) is 2. The number of hydrogen-bond acceptors (Lipinski definition) is 8. The number of carbonyl (C=O) groups is 6. The Morgan fingerprint density at radius 1 is 0.900 bits per heavy atom. The molecule has 1 rings (SSSR count). The van der Waals surface area contributed by atoms with Gasteiger partial charge in [0.1, 0.15) is 18.1 Å². The topological polar surface area (TPSA) is 243 Å². The van der Waals surface area contributed by atoms with Crippen molar-refractivity contribution in [3.05, 3.63) is 0 Å². The van der Waals surface area contributed by atoms with Gasteiger partial charge in [-0.05, 0) is 19.4 Å². The van der Waals surface area contributed by atoms with E-state index in [1.54, 1.807) is 0 Å². The van der Waals surface area contributed by atoms with Crippen LogP contribution in [0.3, 0.4) is 0 Å². The maximum absolute atomic E-state index is 12.4. The minimum absolute atomic E-state index is 0.523. The summed E-state index contributed by atoms with van der Waals surface area (Å²) in [5.41, 5.74) is 9.99. The first-order valence-electron chi connectivity index (χ1n) is 9.09. The van der Waals surface area contributed by atoms with E-state index in [-0.39, 0.29) is 0 Å². The molecular weight excluding hydrogens is 404 g/mol. The van der Waals surface area contributed by atoms with Crippen LogP contribution in [0.15, 0.2) is 0 Å². The van der Waals surface area contributed by atoms with E-state index in [1.807, 2.05) is 5.32 Å². The van der Waals surface area contributed by atoms with Crippen molar-refractivity contribution >= 4 is 35.5 Å². The Kier molecular flexibility index (Phi) is 9.64. The summed E-state index contributed by atoms with van der Waals surface area (Å²) in [7, 11) is 0. The predicted molar refractivity (Wildman–Crippen MR) is 99.2 cm³/mol. The fourth-order valence-electron chi connectivity index (χ4n) is 2.73. The van der Waals surface area contributed by atoms with Crippen LogP contribution in [-0.2, 0) is 28.8 Å². The van der Waals surface area contributed by atoms with Gasteiger partial charge in [0.25, 0.3) is 0 Å². The van der Waals surface area contributed by atoms with Crippen LogP contribution < -0.4 is 32.7 Å². The monoisotopic (exact) mass is 430 g/mol. The third-order valence-electron chi connectivity index (χ3n) is 4.25. The Morgan fingerprint density at radius 2 is 1.43 bits per heavy atom. The Bertz CT molecular complexity index is 693. The van der Waals surface area contributed by atoms with E-state index >= 15 is 0 Å². The third-order valence-corrected chi connectivity index (χ3v) is 4.25. The fraction of sp³-hybridized carbons (Fsp3) is 0.625. The molecule has 0 aromatic rings. The summed E-state index contributed by atoms with van der Waals surface area (Å²) >= 11 is 0. The summed E-state index contributed by atoms with van der Waals surface area (Å²) in [6, 6.07) is -5.25. The second-order valence-electron chi connectivity index (χ2n) is 6.69. The summed E-state index contributed by atoms with van der Waals surface area (Å²) in [6.07, 6.45) is -0.0987. The summed E-state index contributed by atoms with van der Waals surface area (Å²) in [6.45, 7) is -0.167. The Hall–Kier alpha value is -3.26. The van der Waals surface area contributed by atoms with E-state index < -0.39 is 79.1 Å². The van der Waals surface area contributed by atoms with Crippen molar-refractivity contribution in [2.24, 2.45) is 11.5 Å². The van der Waals surface area contributed by atoms with Gasteiger partial charge in [-0.3, -0.25) is 24.0 Å². The maximum atomic E-state index is 12.4. The van der Waals surface area contributed by atoms with Gasteiger partial charge in [0.05, 0.1) is 25.5 Å². The van der Waals surface area contributed by atoms with Gasteiger partial charge in [0, 0.05) is 0 Å². The first-order chi connectivity index (χ1) is 14.0. The van der Waals surface area contributed by atoms with E-state index in [4.69, 9.17) is 16.6 Å². The number of aliphatic hydroxyl groups excluding tert-OH is 1. The average molecular weight is 430 g/mol. The van der Waals surface area contributed by atoms with Gasteiger partial charge >= 0.3 is 5.97 Å². The molecule has 0 saturated carbocycles. The molecule has 30 heavy (non-hydrogen) atoms. The molecule has 0 aliphatic carbocycles. The van der Waals surface area contributed by atoms with E-state index in [2.05, 4.69) is 16.0 Å². The van der Waals surface area contributed by atoms with Crippen LogP contribution in [0.4, 0.5) is 0 Å². The number of carboxylic acids is 1. The number of amides is 5. The van der Waals surface area contributed by atoms with Gasteiger partial charge < -0.3 is 42.9 Å². The molecule has 0 bridgehead atoms. The first-order valence-corrected chi connectivity index (χ1v) is 9.09. The lowest BCUT2D eigenvalue weighted by Gasteiger charge is -2.23. The van der Waals surface area contributed by atoms with Gasteiger partial charge in [0.2, 0.25) is 29.5 Å². The molecule has 168 valence electrons. The number of carbonyl (C=O) groups excluding carboxylic acids is 5. The molecular formula is C16H26N6O8. The van der Waals surface area contributed by atoms with Gasteiger partial charge in [0.15, 0.2) is 0 Å². The summed E-state index contributed by atoms with van der Waals surface area (Å²) < 4.78 is 0. The summed E-state index contributed by atoms with van der Waals surface area (Å²) in [4.78, 5) is 70.2. The molecule has 5 amide bonds. The Labute approximate surface area is 171 Å². The zero-order valence-electron chi connectivity index (χ0n) is 16.1. The SMILES string of the molecule is NC(=O)CC(NC(=O)C(CC(N)=O)NC(=O)C(CO)NC(=O)C1CCCN1)C(=O)O. The zero-order valence-corrected chi connectivity index (χ0v) is 16.1. The van der Waals surface area contributed by atoms with Crippen molar-refractivity contribution < 1.29 is 39.0 Å². The number of nitrogens with one attached hydrogen (secondary N) is 4. The molecule has 4 atom stereocenters. The fourth-order valence-corrected chi connectivity index (χ4v) is 2.73. The van der Waals surface area contributed by atoms with Crippen LogP contribution in [-0.4, -0.2) is 83.0 Å². The number of primary amides is 2. The predicted octanol–water partition coefficient (Wildman–Crippen LogP) is -4.98. The highest BCUT2D eigenvalue weighted by atomic mass is 16.4. The summed E-state index contributed by atoms with van der Waals surface area (Å²) in [5, 5.41) is 27.8. The van der Waals surface area contributed by atoms with Crippen LogP contribution in [0.25, 0.3) is 0 Å². The largest absolute Gasteiger partial charge is 0.480 e. The third kappa shape index (κ3) is 8.00. The van der Waals surface area contributed by atoms with Crippen LogP contribution >= 0.6 is 0 Å². The van der Waals surface area contributed by atoms with Crippen LogP contribution in [0.2, 0.25) is 0 Å². The summed E-state index contributed by atoms with van der Waals surface area (Å²) in [5.74, 6) is -6.18. The molecule has 1 saturated heterocycles. The van der Waals surface area contributed by atoms with Gasteiger partial charge in [-0.2, -0.15) is 0 Å².